The summed E-state index contributed by atoms with van der Waals surface area (Å²) in [7, 11) is -3.91. The van der Waals surface area contributed by atoms with Crippen molar-refractivity contribution in [2.24, 2.45) is 0 Å². The number of carbonyl (C=O) groups is 1. The predicted molar refractivity (Wildman–Crippen MR) is 105 cm³/mol. The maximum atomic E-state index is 13.3. The minimum Gasteiger partial charge on any atom is -0.464 e. The molecule has 2 heterocycles. The van der Waals surface area contributed by atoms with Gasteiger partial charge in [-0.2, -0.15) is 0 Å². The molecule has 2 aromatic heterocycles. The topological polar surface area (TPSA) is 87.5 Å². The number of pyridine rings is 1. The van der Waals surface area contributed by atoms with E-state index < -0.39 is 22.1 Å². The van der Waals surface area contributed by atoms with Gasteiger partial charge < -0.3 is 9.47 Å². The number of ether oxygens (including phenoxy) is 2. The lowest BCUT2D eigenvalue weighted by Crippen LogP contribution is -2.24. The van der Waals surface area contributed by atoms with Crippen LogP contribution in [-0.2, 0) is 30.9 Å². The Morgan fingerprint density at radius 3 is 2.61 bits per heavy atom. The van der Waals surface area contributed by atoms with Crippen LogP contribution in [0.25, 0.3) is 11.0 Å². The number of esters is 1. The molecule has 0 spiro atoms. The second kappa shape index (κ2) is 8.30. The molecule has 9 heteroatoms. The molecule has 3 rings (SSSR count). The number of rotatable bonds is 7. The summed E-state index contributed by atoms with van der Waals surface area (Å²) in [5.74, 6) is -0.516. The summed E-state index contributed by atoms with van der Waals surface area (Å²) in [6, 6.07) is 12.7. The Balaban J connectivity index is 2.05. The summed E-state index contributed by atoms with van der Waals surface area (Å²) in [6.07, 6.45) is -0.845. The van der Waals surface area contributed by atoms with Gasteiger partial charge in [-0.1, -0.05) is 29.8 Å². The van der Waals surface area contributed by atoms with Crippen LogP contribution in [0.15, 0.2) is 53.4 Å². The van der Waals surface area contributed by atoms with Gasteiger partial charge in [0.2, 0.25) is 0 Å². The highest BCUT2D eigenvalue weighted by Crippen LogP contribution is 2.26. The molecule has 0 saturated carbocycles. The molecule has 0 saturated heterocycles. The van der Waals surface area contributed by atoms with Crippen LogP contribution in [0.5, 0.6) is 0 Å². The number of fused-ring (bicyclic) bond motifs is 1. The average Bonchev–Trinajstić information content (AvgIpc) is 3.05. The first-order chi connectivity index (χ1) is 13.3. The molecule has 0 amide bonds. The van der Waals surface area contributed by atoms with Crippen molar-refractivity contribution in [2.75, 3.05) is 6.61 Å². The molecule has 1 atom stereocenters. The third kappa shape index (κ3) is 4.04. The van der Waals surface area contributed by atoms with Crippen molar-refractivity contribution in [3.8, 4) is 0 Å². The number of benzene rings is 1. The van der Waals surface area contributed by atoms with Crippen LogP contribution in [0.3, 0.4) is 0 Å². The number of carbonyl (C=O) groups excluding carboxylic acids is 1. The fourth-order valence-corrected chi connectivity index (χ4v) is 4.41. The van der Waals surface area contributed by atoms with E-state index in [1.165, 1.54) is 22.2 Å². The van der Waals surface area contributed by atoms with Gasteiger partial charge in [0, 0.05) is 0 Å². The fourth-order valence-electron chi connectivity index (χ4n) is 2.71. The first-order valence-corrected chi connectivity index (χ1v) is 10.4. The number of aromatic nitrogens is 2. The summed E-state index contributed by atoms with van der Waals surface area (Å²) >= 11 is 5.95. The molecule has 28 heavy (non-hydrogen) atoms. The number of halogens is 1. The summed E-state index contributed by atoms with van der Waals surface area (Å²) < 4.78 is 38.1. The summed E-state index contributed by atoms with van der Waals surface area (Å²) in [5, 5.41) is 0.245. The highest BCUT2D eigenvalue weighted by atomic mass is 35.5. The molecule has 0 aliphatic rings. The second-order valence-electron chi connectivity index (χ2n) is 5.96. The molecule has 0 unspecified atom stereocenters. The van der Waals surface area contributed by atoms with E-state index in [2.05, 4.69) is 4.98 Å². The summed E-state index contributed by atoms with van der Waals surface area (Å²) in [4.78, 5) is 16.1. The highest BCUT2D eigenvalue weighted by molar-refractivity contribution is 7.90. The van der Waals surface area contributed by atoms with E-state index in [-0.39, 0.29) is 23.3 Å². The van der Waals surface area contributed by atoms with E-state index >= 15 is 0 Å². The first-order valence-electron chi connectivity index (χ1n) is 8.60. The van der Waals surface area contributed by atoms with Crippen LogP contribution in [0.2, 0.25) is 5.15 Å². The van der Waals surface area contributed by atoms with Crippen molar-refractivity contribution >= 4 is 38.6 Å². The van der Waals surface area contributed by atoms with Crippen molar-refractivity contribution < 1.29 is 22.7 Å². The van der Waals surface area contributed by atoms with Crippen molar-refractivity contribution in [1.82, 2.24) is 8.96 Å². The van der Waals surface area contributed by atoms with E-state index in [1.54, 1.807) is 44.2 Å². The number of nitrogens with zero attached hydrogens (tertiary/aromatic N) is 2. The van der Waals surface area contributed by atoms with Crippen molar-refractivity contribution in [2.45, 2.75) is 31.5 Å². The lowest BCUT2D eigenvalue weighted by atomic mass is 10.3. The van der Waals surface area contributed by atoms with E-state index in [1.807, 2.05) is 0 Å². The van der Waals surface area contributed by atoms with Crippen LogP contribution >= 0.6 is 11.6 Å². The molecule has 0 fully saturated rings. The van der Waals surface area contributed by atoms with Crippen LogP contribution in [0, 0.1) is 0 Å². The van der Waals surface area contributed by atoms with Gasteiger partial charge >= 0.3 is 5.97 Å². The van der Waals surface area contributed by atoms with Crippen molar-refractivity contribution in [3.63, 3.8) is 0 Å². The van der Waals surface area contributed by atoms with Crippen LogP contribution in [0.4, 0.5) is 0 Å². The molecule has 7 nitrogen and oxygen atoms in total. The van der Waals surface area contributed by atoms with Gasteiger partial charge in [0.05, 0.1) is 34.8 Å². The minimum absolute atomic E-state index is 0.125. The molecule has 1 aromatic carbocycles. The highest BCUT2D eigenvalue weighted by Gasteiger charge is 2.25. The zero-order valence-electron chi connectivity index (χ0n) is 15.3. The fraction of sp³-hybridized carbons (Fsp3) is 0.263. The molecule has 0 radical (unpaired) electrons. The van der Waals surface area contributed by atoms with Crippen molar-refractivity contribution in [3.05, 3.63) is 59.4 Å². The molecule has 0 N–H and O–H groups in total. The van der Waals surface area contributed by atoms with E-state index in [4.69, 9.17) is 21.1 Å². The monoisotopic (exact) mass is 422 g/mol. The summed E-state index contributed by atoms with van der Waals surface area (Å²) in [6.45, 7) is 3.35. The predicted octanol–water partition coefficient (Wildman–Crippen LogP) is 3.39. The lowest BCUT2D eigenvalue weighted by Gasteiger charge is -2.14. The number of hydrogen-bond donors (Lipinski definition) is 0. The average molecular weight is 423 g/mol. The second-order valence-corrected chi connectivity index (χ2v) is 8.14. The zero-order valence-corrected chi connectivity index (χ0v) is 16.9. The molecule has 3 aromatic rings. The molecular weight excluding hydrogens is 404 g/mol. The first kappa shape index (κ1) is 20.3. The molecule has 0 aliphatic heterocycles. The Kier molecular flexibility index (Phi) is 6.02. The Labute approximate surface area is 167 Å². The van der Waals surface area contributed by atoms with Crippen LogP contribution in [0.1, 0.15) is 19.5 Å². The van der Waals surface area contributed by atoms with Crippen LogP contribution < -0.4 is 0 Å². The van der Waals surface area contributed by atoms with Gasteiger partial charge in [0.15, 0.2) is 6.10 Å². The van der Waals surface area contributed by atoms with Gasteiger partial charge in [0.25, 0.3) is 10.0 Å². The normalized spacial score (nSPS) is 12.8. The smallest absolute Gasteiger partial charge is 0.334 e. The quantitative estimate of drug-likeness (QED) is 0.428. The molecule has 0 aliphatic carbocycles. The Hall–Kier alpha value is -2.42. The molecule has 0 bridgehead atoms. The van der Waals surface area contributed by atoms with Gasteiger partial charge in [-0.25, -0.2) is 22.2 Å². The Morgan fingerprint density at radius 1 is 1.21 bits per heavy atom. The maximum absolute atomic E-state index is 13.3. The van der Waals surface area contributed by atoms with E-state index in [9.17, 15) is 13.2 Å². The minimum atomic E-state index is -3.91. The summed E-state index contributed by atoms with van der Waals surface area (Å²) in [5.41, 5.74) is 1.11. The Morgan fingerprint density at radius 2 is 1.93 bits per heavy atom. The Bertz CT molecular complexity index is 1100. The molecular formula is C19H19ClN2O5S. The van der Waals surface area contributed by atoms with E-state index in [0.29, 0.717) is 16.7 Å². The SMILES string of the molecule is CCOC(=O)[C@H](C)OCc1cc2nc(Cl)ccc2n1S(=O)(=O)c1ccccc1. The maximum Gasteiger partial charge on any atom is 0.334 e. The largest absolute Gasteiger partial charge is 0.464 e. The van der Waals surface area contributed by atoms with Crippen LogP contribution in [-0.4, -0.2) is 36.1 Å². The zero-order chi connectivity index (χ0) is 20.3. The van der Waals surface area contributed by atoms with Gasteiger partial charge in [0.1, 0.15) is 5.15 Å². The van der Waals surface area contributed by atoms with Gasteiger partial charge in [-0.3, -0.25) is 0 Å². The third-order valence-electron chi connectivity index (χ3n) is 4.03. The standard InChI is InChI=1S/C19H19ClN2O5S/c1-3-26-19(23)13(2)27-12-14-11-16-17(9-10-18(20)21-16)22(14)28(24,25)15-7-5-4-6-8-15/h4-11,13H,3,12H2,1-2H3/t13-/m0/s1. The van der Waals surface area contributed by atoms with Crippen molar-refractivity contribution in [1.29, 1.82) is 0 Å². The molecule has 148 valence electrons. The van der Waals surface area contributed by atoms with Gasteiger partial charge in [-0.05, 0) is 44.2 Å². The lowest BCUT2D eigenvalue weighted by molar-refractivity contribution is -0.156. The van der Waals surface area contributed by atoms with Gasteiger partial charge in [-0.15, -0.1) is 0 Å². The van der Waals surface area contributed by atoms with E-state index in [0.717, 1.165) is 0 Å². The number of hydrogen-bond acceptors (Lipinski definition) is 6. The third-order valence-corrected chi connectivity index (χ3v) is 6.02.